The third kappa shape index (κ3) is 12.0. The van der Waals surface area contributed by atoms with Crippen molar-refractivity contribution in [1.82, 2.24) is 31.2 Å². The number of carbonyl (C=O) groups excluding carboxylic acids is 5. The summed E-state index contributed by atoms with van der Waals surface area (Å²) in [6.07, 6.45) is 5.06. The minimum Gasteiger partial charge on any atom is -0.361 e. The van der Waals surface area contributed by atoms with Crippen LogP contribution in [0.1, 0.15) is 83.8 Å². The monoisotopic (exact) mass is 729 g/mol. The number of fused-ring (bicyclic) bond motifs is 1. The molecule has 1 aromatic heterocycles. The predicted octanol–water partition coefficient (Wildman–Crippen LogP) is 3.74. The smallest absolute Gasteiger partial charge is 0.252 e. The highest BCUT2D eigenvalue weighted by molar-refractivity contribution is 6.05. The van der Waals surface area contributed by atoms with E-state index >= 15 is 0 Å². The highest BCUT2D eigenvalue weighted by atomic mass is 16.2. The number of nitrogens with one attached hydrogen (secondary N) is 5. The van der Waals surface area contributed by atoms with Gasteiger partial charge in [0.2, 0.25) is 23.6 Å². The average Bonchev–Trinajstić information content (AvgIpc) is 3.56. The van der Waals surface area contributed by atoms with E-state index in [9.17, 15) is 24.0 Å². The van der Waals surface area contributed by atoms with Crippen LogP contribution < -0.4 is 27.0 Å². The molecular formula is C41H59N7O5. The standard InChI is InChI=1S/C41H59N7O5/c1-5-28(4)25-44-33-18-19-37(49)48(41(53)35(47-39(33)51)23-29-13-7-6-8-14-29)36(17-11-12-21-42)40(52)46-34(38(50)43-22-20-27(2)3)24-30-26-45-32-16-10-9-15-31(30)32/h6-10,13-16,26-28,33-36,44-45H,5,11-12,17-25,42H2,1-4H3,(H,43,50)(H,46,52)(H,47,51)/t28?,33-,34+,35-,36+/m1/s1. The molecule has 0 bridgehead atoms. The summed E-state index contributed by atoms with van der Waals surface area (Å²) in [7, 11) is 0. The van der Waals surface area contributed by atoms with Crippen molar-refractivity contribution in [2.75, 3.05) is 19.6 Å². The first-order valence-corrected chi connectivity index (χ1v) is 19.3. The van der Waals surface area contributed by atoms with Crippen LogP contribution in [0.4, 0.5) is 0 Å². The number of nitrogens with zero attached hydrogens (tertiary/aromatic N) is 1. The molecule has 0 saturated carbocycles. The Bertz CT molecular complexity index is 1660. The van der Waals surface area contributed by atoms with Crippen LogP contribution in [0.2, 0.25) is 0 Å². The van der Waals surface area contributed by atoms with Crippen LogP contribution in [-0.2, 0) is 36.8 Å². The summed E-state index contributed by atoms with van der Waals surface area (Å²) < 4.78 is 0. The Labute approximate surface area is 313 Å². The van der Waals surface area contributed by atoms with Gasteiger partial charge in [0.15, 0.2) is 0 Å². The fourth-order valence-corrected chi connectivity index (χ4v) is 6.61. The van der Waals surface area contributed by atoms with Gasteiger partial charge in [0.05, 0.1) is 6.04 Å². The lowest BCUT2D eigenvalue weighted by Crippen LogP contribution is -2.60. The molecule has 0 aliphatic carbocycles. The maximum Gasteiger partial charge on any atom is 0.252 e. The molecule has 1 fully saturated rings. The summed E-state index contributed by atoms with van der Waals surface area (Å²) in [6.45, 7) is 9.67. The van der Waals surface area contributed by atoms with Crippen LogP contribution in [0.15, 0.2) is 60.8 Å². The van der Waals surface area contributed by atoms with Crippen molar-refractivity contribution in [1.29, 1.82) is 0 Å². The fraction of sp³-hybridized carbons (Fsp3) is 0.537. The van der Waals surface area contributed by atoms with Gasteiger partial charge in [0.1, 0.15) is 18.1 Å². The molecule has 1 aliphatic heterocycles. The maximum absolute atomic E-state index is 14.6. The Kier molecular flexibility index (Phi) is 16.0. The molecule has 1 aliphatic rings. The third-order valence-electron chi connectivity index (χ3n) is 10.1. The topological polar surface area (TPSA) is 179 Å². The normalized spacial score (nSPS) is 18.5. The van der Waals surface area contributed by atoms with Crippen molar-refractivity contribution < 1.29 is 24.0 Å². The number of carbonyl (C=O) groups is 5. The van der Waals surface area contributed by atoms with Crippen molar-refractivity contribution >= 4 is 40.4 Å². The zero-order valence-corrected chi connectivity index (χ0v) is 31.8. The van der Waals surface area contributed by atoms with Gasteiger partial charge in [0, 0.05) is 42.9 Å². The summed E-state index contributed by atoms with van der Waals surface area (Å²) in [6, 6.07) is 13.0. The lowest BCUT2D eigenvalue weighted by atomic mass is 10.00. The number of hydrogen-bond donors (Lipinski definition) is 6. The number of unbranched alkanes of at least 4 members (excludes halogenated alkanes) is 1. The third-order valence-corrected chi connectivity index (χ3v) is 10.1. The highest BCUT2D eigenvalue weighted by Crippen LogP contribution is 2.22. The van der Waals surface area contributed by atoms with Crippen molar-refractivity contribution in [2.45, 2.75) is 110 Å². The van der Waals surface area contributed by atoms with Crippen LogP contribution in [0.3, 0.4) is 0 Å². The van der Waals surface area contributed by atoms with Gasteiger partial charge < -0.3 is 32.0 Å². The first-order valence-electron chi connectivity index (χ1n) is 19.3. The molecule has 2 aromatic carbocycles. The van der Waals surface area contributed by atoms with Crippen LogP contribution in [-0.4, -0.2) is 83.2 Å². The van der Waals surface area contributed by atoms with E-state index in [1.54, 1.807) is 0 Å². The molecule has 53 heavy (non-hydrogen) atoms. The van der Waals surface area contributed by atoms with Crippen molar-refractivity contribution in [2.24, 2.45) is 17.6 Å². The molecule has 4 rings (SSSR count). The second kappa shape index (κ2) is 20.6. The number of H-pyrrole nitrogens is 1. The molecule has 288 valence electrons. The zero-order valence-electron chi connectivity index (χ0n) is 31.8. The molecule has 1 unspecified atom stereocenters. The Morgan fingerprint density at radius 3 is 2.42 bits per heavy atom. The molecule has 3 aromatic rings. The summed E-state index contributed by atoms with van der Waals surface area (Å²) in [5.74, 6) is -1.84. The molecule has 7 N–H and O–H groups in total. The highest BCUT2D eigenvalue weighted by Gasteiger charge is 2.41. The average molecular weight is 730 g/mol. The second-order valence-corrected chi connectivity index (χ2v) is 14.8. The quantitative estimate of drug-likeness (QED) is 0.0804. The molecule has 1 saturated heterocycles. The molecular weight excluding hydrogens is 670 g/mol. The van der Waals surface area contributed by atoms with E-state index in [4.69, 9.17) is 5.73 Å². The van der Waals surface area contributed by atoms with E-state index in [1.165, 1.54) is 0 Å². The number of aromatic amines is 1. The van der Waals surface area contributed by atoms with Crippen LogP contribution in [0, 0.1) is 11.8 Å². The number of hydrogen-bond acceptors (Lipinski definition) is 7. The van der Waals surface area contributed by atoms with E-state index in [1.807, 2.05) is 60.8 Å². The number of aromatic nitrogens is 1. The SMILES string of the molecule is CCC(C)CN[C@@H]1CCC(=O)N([C@@H](CCCCN)C(=O)N[C@@H](Cc2c[nH]c3ccccc23)C(=O)NCCC(C)C)C(=O)[C@@H](Cc2ccccc2)NC1=O. The second-order valence-electron chi connectivity index (χ2n) is 14.8. The van der Waals surface area contributed by atoms with Crippen molar-refractivity contribution in [3.63, 3.8) is 0 Å². The minimum atomic E-state index is -1.23. The van der Waals surface area contributed by atoms with Crippen molar-refractivity contribution in [3.8, 4) is 0 Å². The summed E-state index contributed by atoms with van der Waals surface area (Å²) >= 11 is 0. The van der Waals surface area contributed by atoms with Gasteiger partial charge in [-0.15, -0.1) is 0 Å². The molecule has 12 nitrogen and oxygen atoms in total. The Hall–Kier alpha value is -4.55. The lowest BCUT2D eigenvalue weighted by Gasteiger charge is -2.33. The number of nitrogens with two attached hydrogens (primary N) is 1. The number of amides is 5. The summed E-state index contributed by atoms with van der Waals surface area (Å²) in [5, 5.41) is 13.1. The molecule has 2 heterocycles. The maximum atomic E-state index is 14.6. The first kappa shape index (κ1) is 41.2. The summed E-state index contributed by atoms with van der Waals surface area (Å²) in [5.41, 5.74) is 8.39. The van der Waals surface area contributed by atoms with Crippen LogP contribution in [0.25, 0.3) is 10.9 Å². The van der Waals surface area contributed by atoms with Gasteiger partial charge in [-0.2, -0.15) is 0 Å². The number of rotatable bonds is 19. The fourth-order valence-electron chi connectivity index (χ4n) is 6.61. The first-order chi connectivity index (χ1) is 25.5. The lowest BCUT2D eigenvalue weighted by molar-refractivity contribution is -0.154. The molecule has 0 spiro atoms. The van der Waals surface area contributed by atoms with E-state index in [0.717, 1.165) is 39.8 Å². The van der Waals surface area contributed by atoms with E-state index in [2.05, 4.69) is 53.9 Å². The summed E-state index contributed by atoms with van der Waals surface area (Å²) in [4.78, 5) is 75.1. The van der Waals surface area contributed by atoms with Gasteiger partial charge >= 0.3 is 0 Å². The van der Waals surface area contributed by atoms with E-state index in [-0.39, 0.29) is 43.9 Å². The van der Waals surface area contributed by atoms with Gasteiger partial charge in [-0.25, -0.2) is 0 Å². The Morgan fingerprint density at radius 1 is 0.962 bits per heavy atom. The van der Waals surface area contributed by atoms with Gasteiger partial charge in [-0.3, -0.25) is 28.9 Å². The predicted molar refractivity (Wildman–Crippen MR) is 208 cm³/mol. The van der Waals surface area contributed by atoms with Crippen LogP contribution in [0.5, 0.6) is 0 Å². The van der Waals surface area contributed by atoms with Crippen molar-refractivity contribution in [3.05, 3.63) is 71.9 Å². The largest absolute Gasteiger partial charge is 0.361 e. The van der Waals surface area contributed by atoms with Gasteiger partial charge in [-0.05, 0) is 74.2 Å². The minimum absolute atomic E-state index is 0.121. The molecule has 0 radical (unpaired) electrons. The molecule has 12 heteroatoms. The molecule has 5 atom stereocenters. The molecule has 5 amide bonds. The van der Waals surface area contributed by atoms with E-state index < -0.39 is 41.9 Å². The Morgan fingerprint density at radius 2 is 1.70 bits per heavy atom. The number of benzene rings is 2. The van der Waals surface area contributed by atoms with Gasteiger partial charge in [-0.1, -0.05) is 82.6 Å². The number of para-hydroxylation sites is 1. The van der Waals surface area contributed by atoms with E-state index in [0.29, 0.717) is 44.3 Å². The number of imide groups is 1. The zero-order chi connectivity index (χ0) is 38.3. The van der Waals surface area contributed by atoms with Gasteiger partial charge in [0.25, 0.3) is 5.91 Å². The van der Waals surface area contributed by atoms with Crippen LogP contribution >= 0.6 is 0 Å². The Balaban J connectivity index is 1.69.